The molecule has 1 aromatic heterocycles. The van der Waals surface area contributed by atoms with E-state index in [-0.39, 0.29) is 11.7 Å². The number of ether oxygens (including phenoxy) is 1. The molecule has 0 atom stereocenters. The maximum Gasteiger partial charge on any atom is 0.422 e. The van der Waals surface area contributed by atoms with Gasteiger partial charge in [-0.15, -0.1) is 11.3 Å². The molecule has 0 aliphatic carbocycles. The van der Waals surface area contributed by atoms with Gasteiger partial charge in [0.15, 0.2) is 12.6 Å². The number of benzene rings is 1. The molecule has 0 saturated heterocycles. The molecule has 0 aliphatic rings. The third-order valence-corrected chi connectivity index (χ3v) is 4.59. The van der Waals surface area contributed by atoms with Gasteiger partial charge in [-0.1, -0.05) is 12.1 Å². The fraction of sp³-hybridized carbons (Fsp3) is 0.389. The Hall–Kier alpha value is -2.82. The van der Waals surface area contributed by atoms with Crippen molar-refractivity contribution in [1.82, 2.24) is 20.9 Å². The molecule has 3 N–H and O–H groups in total. The van der Waals surface area contributed by atoms with Crippen molar-refractivity contribution >= 4 is 23.2 Å². The monoisotopic (exact) mass is 429 g/mol. The van der Waals surface area contributed by atoms with Crippen LogP contribution in [0, 0.1) is 6.92 Å². The van der Waals surface area contributed by atoms with Gasteiger partial charge in [-0.3, -0.25) is 9.79 Å². The van der Waals surface area contributed by atoms with Gasteiger partial charge in [0.05, 0.1) is 11.2 Å². The van der Waals surface area contributed by atoms with Gasteiger partial charge in [0.2, 0.25) is 0 Å². The zero-order valence-electron chi connectivity index (χ0n) is 16.0. The molecule has 0 bridgehead atoms. The van der Waals surface area contributed by atoms with Crippen molar-refractivity contribution in [2.75, 3.05) is 26.7 Å². The average molecular weight is 429 g/mol. The first-order valence-corrected chi connectivity index (χ1v) is 9.58. The molecule has 1 heterocycles. The van der Waals surface area contributed by atoms with Crippen LogP contribution in [0.15, 0.2) is 34.8 Å². The number of aromatic nitrogens is 1. The Morgan fingerprint density at radius 2 is 1.86 bits per heavy atom. The number of carbonyl (C=O) groups excluding carboxylic acids is 1. The summed E-state index contributed by atoms with van der Waals surface area (Å²) in [6.07, 6.45) is -4.36. The van der Waals surface area contributed by atoms with Gasteiger partial charge >= 0.3 is 6.18 Å². The summed E-state index contributed by atoms with van der Waals surface area (Å²) in [6.45, 7) is 1.76. The number of amides is 1. The molecule has 1 amide bonds. The molecule has 1 aromatic carbocycles. The second-order valence-corrected chi connectivity index (χ2v) is 6.78. The van der Waals surface area contributed by atoms with Gasteiger partial charge in [0, 0.05) is 26.7 Å². The molecular weight excluding hydrogens is 407 g/mol. The number of hydrogen-bond donors (Lipinski definition) is 3. The van der Waals surface area contributed by atoms with E-state index in [1.165, 1.54) is 23.5 Å². The van der Waals surface area contributed by atoms with Crippen molar-refractivity contribution < 1.29 is 22.7 Å². The van der Waals surface area contributed by atoms with E-state index in [1.807, 2.05) is 0 Å². The van der Waals surface area contributed by atoms with E-state index >= 15 is 0 Å². The highest BCUT2D eigenvalue weighted by Gasteiger charge is 2.28. The number of carbonyl (C=O) groups is 1. The van der Waals surface area contributed by atoms with Crippen molar-refractivity contribution in [3.05, 3.63) is 45.9 Å². The minimum absolute atomic E-state index is 0.153. The van der Waals surface area contributed by atoms with Crippen molar-refractivity contribution in [3.63, 3.8) is 0 Å². The molecule has 29 heavy (non-hydrogen) atoms. The summed E-state index contributed by atoms with van der Waals surface area (Å²) in [5.74, 6) is 0.522. The van der Waals surface area contributed by atoms with Crippen molar-refractivity contribution in [3.8, 4) is 5.75 Å². The Morgan fingerprint density at radius 3 is 2.45 bits per heavy atom. The molecule has 0 radical (unpaired) electrons. The predicted molar refractivity (Wildman–Crippen MR) is 105 cm³/mol. The lowest BCUT2D eigenvalue weighted by atomic mass is 10.2. The fourth-order valence-corrected chi connectivity index (χ4v) is 2.95. The van der Waals surface area contributed by atoms with Gasteiger partial charge in [-0.25, -0.2) is 4.98 Å². The van der Waals surface area contributed by atoms with Gasteiger partial charge < -0.3 is 20.7 Å². The molecule has 158 valence electrons. The van der Waals surface area contributed by atoms with Crippen LogP contribution < -0.4 is 20.7 Å². The third kappa shape index (κ3) is 7.98. The number of rotatable bonds is 8. The van der Waals surface area contributed by atoms with Gasteiger partial charge in [0.1, 0.15) is 10.6 Å². The lowest BCUT2D eigenvalue weighted by Crippen LogP contribution is -2.41. The van der Waals surface area contributed by atoms with Crippen LogP contribution in [0.3, 0.4) is 0 Å². The average Bonchev–Trinajstić information content (AvgIpc) is 3.12. The first-order chi connectivity index (χ1) is 13.8. The zero-order chi connectivity index (χ0) is 21.3. The Labute approximate surface area is 170 Å². The quantitative estimate of drug-likeness (QED) is 0.341. The van der Waals surface area contributed by atoms with Crippen LogP contribution in [0.2, 0.25) is 0 Å². The summed E-state index contributed by atoms with van der Waals surface area (Å²) in [6, 6.07) is 6.30. The lowest BCUT2D eigenvalue weighted by molar-refractivity contribution is -0.153. The Bertz CT molecular complexity index is 822. The lowest BCUT2D eigenvalue weighted by Gasteiger charge is -2.13. The summed E-state index contributed by atoms with van der Waals surface area (Å²) in [5, 5.41) is 8.95. The number of aliphatic imine (C=N–C) groups is 1. The minimum atomic E-state index is -4.36. The maximum absolute atomic E-state index is 12.1. The second kappa shape index (κ2) is 10.6. The van der Waals surface area contributed by atoms with E-state index in [1.54, 1.807) is 31.6 Å². The summed E-state index contributed by atoms with van der Waals surface area (Å²) in [5.41, 5.74) is 3.18. The smallest absolute Gasteiger partial charge is 0.422 e. The fourth-order valence-electron chi connectivity index (χ4n) is 2.23. The Balaban J connectivity index is 1.69. The number of alkyl halides is 3. The minimum Gasteiger partial charge on any atom is -0.484 e. The number of thiazole rings is 1. The van der Waals surface area contributed by atoms with Gasteiger partial charge in [-0.05, 0) is 24.6 Å². The summed E-state index contributed by atoms with van der Waals surface area (Å²) in [4.78, 5) is 20.7. The van der Waals surface area contributed by atoms with E-state index in [0.717, 1.165) is 5.56 Å². The van der Waals surface area contributed by atoms with E-state index in [0.29, 0.717) is 36.2 Å². The molecule has 0 aliphatic heterocycles. The molecule has 7 nitrogen and oxygen atoms in total. The van der Waals surface area contributed by atoms with Crippen molar-refractivity contribution in [2.24, 2.45) is 4.99 Å². The third-order valence-electron chi connectivity index (χ3n) is 3.66. The maximum atomic E-state index is 12.1. The largest absolute Gasteiger partial charge is 0.484 e. The standard InChI is InChI=1S/C18H22F3N5O2S/c1-12-15(29-11-26-12)16(27)23-7-8-24-17(22-2)25-9-13-3-5-14(6-4-13)28-10-18(19,20)21/h3-6,11H,7-10H2,1-2H3,(H,23,27)(H2,22,24,25). The SMILES string of the molecule is CN=C(NCCNC(=O)c1scnc1C)NCc1ccc(OCC(F)(F)F)cc1. The van der Waals surface area contributed by atoms with Crippen LogP contribution in [0.25, 0.3) is 0 Å². The number of halogens is 3. The zero-order valence-corrected chi connectivity index (χ0v) is 16.8. The molecule has 2 rings (SSSR count). The van der Waals surface area contributed by atoms with Gasteiger partial charge in [-0.2, -0.15) is 13.2 Å². The van der Waals surface area contributed by atoms with E-state index in [4.69, 9.17) is 0 Å². The predicted octanol–water partition coefficient (Wildman–Crippen LogP) is 2.49. The van der Waals surface area contributed by atoms with Crippen molar-refractivity contribution in [2.45, 2.75) is 19.6 Å². The number of guanidine groups is 1. The van der Waals surface area contributed by atoms with E-state index in [2.05, 4.69) is 30.7 Å². The highest BCUT2D eigenvalue weighted by molar-refractivity contribution is 7.11. The topological polar surface area (TPSA) is 87.6 Å². The highest BCUT2D eigenvalue weighted by atomic mass is 32.1. The molecule has 11 heteroatoms. The highest BCUT2D eigenvalue weighted by Crippen LogP contribution is 2.18. The van der Waals surface area contributed by atoms with Crippen LogP contribution in [-0.4, -0.2) is 49.8 Å². The molecule has 2 aromatic rings. The van der Waals surface area contributed by atoms with E-state index < -0.39 is 12.8 Å². The Kier molecular flexibility index (Phi) is 8.25. The number of aryl methyl sites for hydroxylation is 1. The van der Waals surface area contributed by atoms with Crippen LogP contribution >= 0.6 is 11.3 Å². The van der Waals surface area contributed by atoms with Crippen LogP contribution in [0.5, 0.6) is 5.75 Å². The number of hydrogen-bond acceptors (Lipinski definition) is 5. The first-order valence-electron chi connectivity index (χ1n) is 8.70. The van der Waals surface area contributed by atoms with Crippen LogP contribution in [0.4, 0.5) is 13.2 Å². The molecule has 0 saturated carbocycles. The summed E-state index contributed by atoms with van der Waals surface area (Å²) < 4.78 is 41.1. The second-order valence-electron chi connectivity index (χ2n) is 5.92. The molecule has 0 spiro atoms. The summed E-state index contributed by atoms with van der Waals surface area (Å²) in [7, 11) is 1.61. The summed E-state index contributed by atoms with van der Waals surface area (Å²) >= 11 is 1.29. The first kappa shape index (κ1) is 22.5. The van der Waals surface area contributed by atoms with Crippen LogP contribution in [0.1, 0.15) is 20.9 Å². The van der Waals surface area contributed by atoms with Crippen LogP contribution in [-0.2, 0) is 6.54 Å². The van der Waals surface area contributed by atoms with E-state index in [9.17, 15) is 18.0 Å². The number of nitrogens with one attached hydrogen (secondary N) is 3. The normalized spacial score (nSPS) is 11.8. The van der Waals surface area contributed by atoms with Crippen molar-refractivity contribution in [1.29, 1.82) is 0 Å². The molecular formula is C18H22F3N5O2S. The number of nitrogens with zero attached hydrogens (tertiary/aromatic N) is 2. The molecule has 0 unspecified atom stereocenters. The Morgan fingerprint density at radius 1 is 1.17 bits per heavy atom. The van der Waals surface area contributed by atoms with Gasteiger partial charge in [0.25, 0.3) is 5.91 Å². The molecule has 0 fully saturated rings.